The lowest BCUT2D eigenvalue weighted by Gasteiger charge is -2.44. The van der Waals surface area contributed by atoms with Crippen LogP contribution in [0.2, 0.25) is 0 Å². The second-order valence-electron chi connectivity index (χ2n) is 8.96. The summed E-state index contributed by atoms with van der Waals surface area (Å²) in [5.41, 5.74) is 6.63. The minimum atomic E-state index is -0.800. The first-order chi connectivity index (χ1) is 13.3. The second kappa shape index (κ2) is 8.63. The number of aryl methyl sites for hydroxylation is 3. The van der Waals surface area contributed by atoms with E-state index >= 15 is 0 Å². The molecule has 0 spiro atoms. The van der Waals surface area contributed by atoms with Crippen LogP contribution in [0.5, 0.6) is 0 Å². The quantitative estimate of drug-likeness (QED) is 0.761. The Labute approximate surface area is 170 Å². The van der Waals surface area contributed by atoms with Crippen LogP contribution in [-0.2, 0) is 6.42 Å². The molecule has 0 amide bonds. The summed E-state index contributed by atoms with van der Waals surface area (Å²) in [4.78, 5) is 2.22. The molecule has 1 aliphatic rings. The Kier molecular flexibility index (Phi) is 6.42. The Bertz CT molecular complexity index is 834. The van der Waals surface area contributed by atoms with Gasteiger partial charge >= 0.3 is 0 Å². The van der Waals surface area contributed by atoms with E-state index in [1.165, 1.54) is 33.4 Å². The molecule has 3 rings (SSSR count). The fourth-order valence-electron chi connectivity index (χ4n) is 4.54. The van der Waals surface area contributed by atoms with Crippen LogP contribution >= 0.6 is 0 Å². The lowest BCUT2D eigenvalue weighted by Crippen LogP contribution is -2.48. The smallest absolute Gasteiger partial charge is 0.0940 e. The minimum absolute atomic E-state index is 0.243. The van der Waals surface area contributed by atoms with Crippen molar-refractivity contribution >= 4 is 6.08 Å². The molecule has 28 heavy (non-hydrogen) atoms. The molecule has 2 atom stereocenters. The lowest BCUT2D eigenvalue weighted by atomic mass is 9.68. The van der Waals surface area contributed by atoms with Gasteiger partial charge in [-0.15, -0.1) is 0 Å². The molecule has 0 saturated heterocycles. The van der Waals surface area contributed by atoms with Crippen molar-refractivity contribution in [2.24, 2.45) is 5.92 Å². The summed E-state index contributed by atoms with van der Waals surface area (Å²) in [6.07, 6.45) is 6.12. The molecule has 2 nitrogen and oxygen atoms in total. The Morgan fingerprint density at radius 1 is 1.04 bits per heavy atom. The molecule has 1 N–H and O–H groups in total. The summed E-state index contributed by atoms with van der Waals surface area (Å²) in [6.45, 7) is 7.31. The standard InChI is InChI=1S/C26H35NO/c1-19-10-13-22(14-11-19)16-24-7-6-8-25(18-27(4)5)26(24,28)17-23-15-20(2)9-12-21(23)3/h9-16,25,28H,6-8,17-18H2,1-5H3/b24-16+. The van der Waals surface area contributed by atoms with Gasteiger partial charge < -0.3 is 10.0 Å². The molecule has 1 saturated carbocycles. The zero-order chi connectivity index (χ0) is 20.3. The van der Waals surface area contributed by atoms with Gasteiger partial charge in [0.1, 0.15) is 0 Å². The normalized spacial score (nSPS) is 24.1. The molecule has 2 aromatic rings. The average Bonchev–Trinajstić information content (AvgIpc) is 2.63. The van der Waals surface area contributed by atoms with E-state index in [1.807, 2.05) is 0 Å². The van der Waals surface area contributed by atoms with Crippen LogP contribution in [0.1, 0.15) is 47.1 Å². The molecular formula is C26H35NO. The van der Waals surface area contributed by atoms with Crippen molar-refractivity contribution in [3.05, 3.63) is 75.9 Å². The van der Waals surface area contributed by atoms with Gasteiger partial charge in [-0.1, -0.05) is 59.7 Å². The van der Waals surface area contributed by atoms with E-state index in [2.05, 4.69) is 88.3 Å². The number of rotatable bonds is 5. The maximum Gasteiger partial charge on any atom is 0.0940 e. The summed E-state index contributed by atoms with van der Waals surface area (Å²) < 4.78 is 0. The monoisotopic (exact) mass is 377 g/mol. The SMILES string of the molecule is Cc1ccc(/C=C2\CCCC(CN(C)C)C2(O)Cc2cc(C)ccc2C)cc1. The summed E-state index contributed by atoms with van der Waals surface area (Å²) in [7, 11) is 4.21. The average molecular weight is 378 g/mol. The van der Waals surface area contributed by atoms with E-state index in [4.69, 9.17) is 0 Å². The van der Waals surface area contributed by atoms with Crippen molar-refractivity contribution in [3.63, 3.8) is 0 Å². The zero-order valence-electron chi connectivity index (χ0n) is 18.1. The van der Waals surface area contributed by atoms with Crippen LogP contribution in [0.15, 0.2) is 48.0 Å². The molecule has 0 aromatic heterocycles. The highest BCUT2D eigenvalue weighted by Crippen LogP contribution is 2.42. The van der Waals surface area contributed by atoms with Crippen molar-refractivity contribution in [1.29, 1.82) is 0 Å². The van der Waals surface area contributed by atoms with E-state index in [-0.39, 0.29) is 5.92 Å². The van der Waals surface area contributed by atoms with Crippen LogP contribution in [0, 0.1) is 26.7 Å². The fourth-order valence-corrected chi connectivity index (χ4v) is 4.54. The molecule has 2 aromatic carbocycles. The molecule has 1 fully saturated rings. The Hall–Kier alpha value is -1.90. The van der Waals surface area contributed by atoms with Gasteiger partial charge in [-0.25, -0.2) is 0 Å². The van der Waals surface area contributed by atoms with Gasteiger partial charge in [-0.2, -0.15) is 0 Å². The molecular weight excluding hydrogens is 342 g/mol. The second-order valence-corrected chi connectivity index (χ2v) is 8.96. The Balaban J connectivity index is 2.03. The van der Waals surface area contributed by atoms with Gasteiger partial charge in [-0.05, 0) is 76.4 Å². The van der Waals surface area contributed by atoms with Crippen LogP contribution in [0.4, 0.5) is 0 Å². The van der Waals surface area contributed by atoms with Gasteiger partial charge in [0.25, 0.3) is 0 Å². The van der Waals surface area contributed by atoms with Crippen molar-refractivity contribution in [3.8, 4) is 0 Å². The van der Waals surface area contributed by atoms with E-state index < -0.39 is 5.60 Å². The number of hydrogen-bond acceptors (Lipinski definition) is 2. The van der Waals surface area contributed by atoms with Gasteiger partial charge in [0.05, 0.1) is 5.60 Å². The zero-order valence-corrected chi connectivity index (χ0v) is 18.1. The minimum Gasteiger partial charge on any atom is -0.385 e. The largest absolute Gasteiger partial charge is 0.385 e. The maximum atomic E-state index is 12.1. The van der Waals surface area contributed by atoms with Crippen LogP contribution in [-0.4, -0.2) is 36.2 Å². The van der Waals surface area contributed by atoms with Crippen LogP contribution in [0.3, 0.4) is 0 Å². The molecule has 0 heterocycles. The molecule has 0 radical (unpaired) electrons. The molecule has 150 valence electrons. The number of benzene rings is 2. The summed E-state index contributed by atoms with van der Waals surface area (Å²) in [6, 6.07) is 15.2. The highest BCUT2D eigenvalue weighted by Gasteiger charge is 2.42. The molecule has 0 aliphatic heterocycles. The van der Waals surface area contributed by atoms with E-state index in [0.717, 1.165) is 25.8 Å². The third-order valence-corrected chi connectivity index (χ3v) is 6.20. The van der Waals surface area contributed by atoms with Crippen LogP contribution < -0.4 is 0 Å². The topological polar surface area (TPSA) is 23.5 Å². The highest BCUT2D eigenvalue weighted by molar-refractivity contribution is 5.56. The first-order valence-corrected chi connectivity index (χ1v) is 10.5. The van der Waals surface area contributed by atoms with Crippen LogP contribution in [0.25, 0.3) is 6.08 Å². The Morgan fingerprint density at radius 2 is 1.71 bits per heavy atom. The fraction of sp³-hybridized carbons (Fsp3) is 0.462. The van der Waals surface area contributed by atoms with Gasteiger partial charge in [0.15, 0.2) is 0 Å². The highest BCUT2D eigenvalue weighted by atomic mass is 16.3. The van der Waals surface area contributed by atoms with Gasteiger partial charge in [0, 0.05) is 18.9 Å². The van der Waals surface area contributed by atoms with E-state index in [9.17, 15) is 5.11 Å². The molecule has 2 unspecified atom stereocenters. The van der Waals surface area contributed by atoms with Gasteiger partial charge in [-0.3, -0.25) is 0 Å². The van der Waals surface area contributed by atoms with Crippen molar-refractivity contribution < 1.29 is 5.11 Å². The predicted octanol–water partition coefficient (Wildman–Crippen LogP) is 5.33. The first-order valence-electron chi connectivity index (χ1n) is 10.5. The summed E-state index contributed by atoms with van der Waals surface area (Å²) >= 11 is 0. The van der Waals surface area contributed by atoms with Crippen molar-refractivity contribution in [2.75, 3.05) is 20.6 Å². The number of nitrogens with zero attached hydrogens (tertiary/aromatic N) is 1. The molecule has 1 aliphatic carbocycles. The predicted molar refractivity (Wildman–Crippen MR) is 120 cm³/mol. The Morgan fingerprint density at radius 3 is 2.39 bits per heavy atom. The lowest BCUT2D eigenvalue weighted by molar-refractivity contribution is -0.0124. The van der Waals surface area contributed by atoms with E-state index in [1.54, 1.807) is 0 Å². The third-order valence-electron chi connectivity index (χ3n) is 6.20. The summed E-state index contributed by atoms with van der Waals surface area (Å²) in [5, 5.41) is 12.1. The third kappa shape index (κ3) is 4.74. The molecule has 0 bridgehead atoms. The first kappa shape index (κ1) is 20.8. The number of hydrogen-bond donors (Lipinski definition) is 1. The number of aliphatic hydroxyl groups is 1. The summed E-state index contributed by atoms with van der Waals surface area (Å²) in [5.74, 6) is 0.243. The van der Waals surface area contributed by atoms with E-state index in [0.29, 0.717) is 6.42 Å². The van der Waals surface area contributed by atoms with Gasteiger partial charge in [0.2, 0.25) is 0 Å². The maximum absolute atomic E-state index is 12.1. The van der Waals surface area contributed by atoms with Crippen molar-refractivity contribution in [2.45, 2.75) is 52.1 Å². The molecule has 2 heteroatoms. The van der Waals surface area contributed by atoms with Crippen molar-refractivity contribution in [1.82, 2.24) is 4.90 Å².